The Bertz CT molecular complexity index is 461. The Balaban J connectivity index is 3.42. The van der Waals surface area contributed by atoms with Crippen molar-refractivity contribution in [3.8, 4) is 0 Å². The second-order valence-electron chi connectivity index (χ2n) is 3.85. The van der Waals surface area contributed by atoms with Gasteiger partial charge >= 0.3 is 5.97 Å². The summed E-state index contributed by atoms with van der Waals surface area (Å²) in [4.78, 5) is 15.1. The quantitative estimate of drug-likeness (QED) is 0.615. The van der Waals surface area contributed by atoms with Gasteiger partial charge in [0, 0.05) is 18.3 Å². The molecule has 1 aromatic rings. The number of halogens is 1. The summed E-state index contributed by atoms with van der Waals surface area (Å²) in [6, 6.07) is 5.21. The molecular formula is C12H12BrNO2. The lowest BCUT2D eigenvalue weighted by atomic mass is 9.91. The largest absolute Gasteiger partial charge is 0.465 e. The van der Waals surface area contributed by atoms with Crippen molar-refractivity contribution in [3.63, 3.8) is 0 Å². The van der Waals surface area contributed by atoms with Crippen molar-refractivity contribution in [2.75, 3.05) is 7.11 Å². The van der Waals surface area contributed by atoms with Crippen molar-refractivity contribution in [1.29, 1.82) is 0 Å². The summed E-state index contributed by atoms with van der Waals surface area (Å²) in [5, 5.41) is 0. The number of carbonyl (C=O) groups is 1. The number of nitrogens with zero attached hydrogens (tertiary/aromatic N) is 1. The second-order valence-corrected chi connectivity index (χ2v) is 4.77. The maximum atomic E-state index is 11.6. The summed E-state index contributed by atoms with van der Waals surface area (Å²) in [6.45, 7) is 10.7. The lowest BCUT2D eigenvalue weighted by Gasteiger charge is -2.15. The van der Waals surface area contributed by atoms with Crippen LogP contribution in [0.15, 0.2) is 22.7 Å². The van der Waals surface area contributed by atoms with Crippen LogP contribution in [0.5, 0.6) is 0 Å². The first kappa shape index (κ1) is 12.7. The zero-order valence-electron chi connectivity index (χ0n) is 9.37. The minimum Gasteiger partial charge on any atom is -0.465 e. The molecule has 16 heavy (non-hydrogen) atoms. The Labute approximate surface area is 103 Å². The van der Waals surface area contributed by atoms with E-state index < -0.39 is 11.5 Å². The maximum Gasteiger partial charge on any atom is 0.338 e. The van der Waals surface area contributed by atoms with Gasteiger partial charge in [0.25, 0.3) is 5.54 Å². The zero-order valence-corrected chi connectivity index (χ0v) is 11.0. The first-order valence-corrected chi connectivity index (χ1v) is 5.48. The minimum absolute atomic E-state index is 0.417. The predicted octanol–water partition coefficient (Wildman–Crippen LogP) is 3.39. The fraction of sp³-hybridized carbons (Fsp3) is 0.333. The molecule has 0 aliphatic carbocycles. The first-order valence-electron chi connectivity index (χ1n) is 4.69. The summed E-state index contributed by atoms with van der Waals surface area (Å²) in [7, 11) is 1.33. The molecule has 0 bridgehead atoms. The summed E-state index contributed by atoms with van der Waals surface area (Å²) in [6.07, 6.45) is 0. The Hall–Kier alpha value is -1.34. The van der Waals surface area contributed by atoms with Crippen LogP contribution in [0, 0.1) is 6.57 Å². The first-order chi connectivity index (χ1) is 7.42. The SMILES string of the molecule is [C-]#[N+]C(C)(C)c1cc(Br)ccc1C(=O)OC. The highest BCUT2D eigenvalue weighted by atomic mass is 79.9. The van der Waals surface area contributed by atoms with Crippen molar-refractivity contribution in [3.05, 3.63) is 45.2 Å². The number of rotatable bonds is 2. The molecule has 3 nitrogen and oxygen atoms in total. The number of methoxy groups -OCH3 is 1. The minimum atomic E-state index is -0.743. The van der Waals surface area contributed by atoms with Crippen LogP contribution in [-0.4, -0.2) is 13.1 Å². The van der Waals surface area contributed by atoms with E-state index in [0.29, 0.717) is 11.1 Å². The van der Waals surface area contributed by atoms with Gasteiger partial charge in [-0.3, -0.25) is 0 Å². The molecule has 0 spiro atoms. The molecule has 0 saturated carbocycles. The molecule has 0 saturated heterocycles. The average Bonchev–Trinajstić information content (AvgIpc) is 2.28. The highest BCUT2D eigenvalue weighted by Crippen LogP contribution is 2.30. The number of hydrogen-bond acceptors (Lipinski definition) is 2. The van der Waals surface area contributed by atoms with Gasteiger partial charge in [0.05, 0.1) is 18.2 Å². The lowest BCUT2D eigenvalue weighted by Crippen LogP contribution is -2.17. The van der Waals surface area contributed by atoms with E-state index in [1.165, 1.54) is 7.11 Å². The fourth-order valence-electron chi connectivity index (χ4n) is 1.37. The summed E-state index contributed by atoms with van der Waals surface area (Å²) in [5.74, 6) is -0.417. The van der Waals surface area contributed by atoms with Crippen LogP contribution in [-0.2, 0) is 10.3 Å². The summed E-state index contributed by atoms with van der Waals surface area (Å²) in [5.41, 5.74) is 0.364. The number of carbonyl (C=O) groups excluding carboxylic acids is 1. The van der Waals surface area contributed by atoms with Gasteiger partial charge in [0.1, 0.15) is 0 Å². The smallest absolute Gasteiger partial charge is 0.338 e. The molecule has 0 unspecified atom stereocenters. The van der Waals surface area contributed by atoms with Gasteiger partial charge in [-0.15, -0.1) is 0 Å². The molecule has 0 atom stereocenters. The van der Waals surface area contributed by atoms with Crippen molar-refractivity contribution in [2.24, 2.45) is 0 Å². The van der Waals surface area contributed by atoms with Crippen LogP contribution in [0.4, 0.5) is 0 Å². The molecular weight excluding hydrogens is 270 g/mol. The Morgan fingerprint density at radius 3 is 2.62 bits per heavy atom. The molecule has 1 aromatic carbocycles. The van der Waals surface area contributed by atoms with Crippen LogP contribution in [0.2, 0.25) is 0 Å². The van der Waals surface area contributed by atoms with E-state index in [1.807, 2.05) is 0 Å². The monoisotopic (exact) mass is 281 g/mol. The van der Waals surface area contributed by atoms with E-state index in [0.717, 1.165) is 4.47 Å². The van der Waals surface area contributed by atoms with Gasteiger partial charge in [-0.1, -0.05) is 15.9 Å². The average molecular weight is 282 g/mol. The van der Waals surface area contributed by atoms with Crippen LogP contribution in [0.25, 0.3) is 4.85 Å². The second kappa shape index (κ2) is 4.67. The molecule has 1 rings (SSSR count). The van der Waals surface area contributed by atoms with E-state index in [1.54, 1.807) is 32.0 Å². The molecule has 4 heteroatoms. The normalized spacial score (nSPS) is 10.7. The Morgan fingerprint density at radius 1 is 1.50 bits per heavy atom. The fourth-order valence-corrected chi connectivity index (χ4v) is 1.73. The summed E-state index contributed by atoms with van der Waals surface area (Å²) >= 11 is 3.33. The molecule has 0 aromatic heterocycles. The highest BCUT2D eigenvalue weighted by Gasteiger charge is 2.31. The van der Waals surface area contributed by atoms with E-state index in [4.69, 9.17) is 11.3 Å². The van der Waals surface area contributed by atoms with E-state index in [9.17, 15) is 4.79 Å². The van der Waals surface area contributed by atoms with Crippen LogP contribution in [0.3, 0.4) is 0 Å². The predicted molar refractivity (Wildman–Crippen MR) is 65.1 cm³/mol. The Kier molecular flexibility index (Phi) is 3.71. The van der Waals surface area contributed by atoms with E-state index in [2.05, 4.69) is 20.8 Å². The van der Waals surface area contributed by atoms with Gasteiger partial charge in [-0.2, -0.15) is 0 Å². The topological polar surface area (TPSA) is 30.7 Å². The van der Waals surface area contributed by atoms with Gasteiger partial charge in [0.15, 0.2) is 0 Å². The summed E-state index contributed by atoms with van der Waals surface area (Å²) < 4.78 is 5.54. The number of benzene rings is 1. The van der Waals surface area contributed by atoms with E-state index >= 15 is 0 Å². The van der Waals surface area contributed by atoms with Crippen LogP contribution >= 0.6 is 15.9 Å². The van der Waals surface area contributed by atoms with Crippen molar-refractivity contribution in [1.82, 2.24) is 0 Å². The molecule has 0 aliphatic heterocycles. The molecule has 0 radical (unpaired) electrons. The number of ether oxygens (including phenoxy) is 1. The van der Waals surface area contributed by atoms with Crippen molar-refractivity contribution >= 4 is 21.9 Å². The van der Waals surface area contributed by atoms with Gasteiger partial charge in [-0.05, 0) is 18.2 Å². The molecule has 84 valence electrons. The van der Waals surface area contributed by atoms with Crippen LogP contribution < -0.4 is 0 Å². The molecule has 0 fully saturated rings. The number of esters is 1. The molecule has 0 aliphatic rings. The van der Waals surface area contributed by atoms with Gasteiger partial charge < -0.3 is 9.58 Å². The third-order valence-electron chi connectivity index (χ3n) is 2.33. The van der Waals surface area contributed by atoms with Crippen molar-refractivity contribution < 1.29 is 9.53 Å². The zero-order chi connectivity index (χ0) is 12.3. The third-order valence-corrected chi connectivity index (χ3v) is 2.82. The standard InChI is InChI=1S/C12H12BrNO2/c1-12(2,14-3)10-7-8(13)5-6-9(10)11(15)16-4/h5-7H,1-2,4H3. The third kappa shape index (κ3) is 2.42. The van der Waals surface area contributed by atoms with Gasteiger partial charge in [-0.25, -0.2) is 11.4 Å². The molecule has 0 amide bonds. The van der Waals surface area contributed by atoms with Crippen molar-refractivity contribution in [2.45, 2.75) is 19.4 Å². The maximum absolute atomic E-state index is 11.6. The Morgan fingerprint density at radius 2 is 2.12 bits per heavy atom. The number of hydrogen-bond donors (Lipinski definition) is 0. The van der Waals surface area contributed by atoms with Crippen LogP contribution in [0.1, 0.15) is 29.8 Å². The van der Waals surface area contributed by atoms with E-state index in [-0.39, 0.29) is 0 Å². The molecule has 0 N–H and O–H groups in total. The lowest BCUT2D eigenvalue weighted by molar-refractivity contribution is 0.0598. The highest BCUT2D eigenvalue weighted by molar-refractivity contribution is 9.10. The van der Waals surface area contributed by atoms with Gasteiger partial charge in [0.2, 0.25) is 0 Å². The molecule has 0 heterocycles.